The molecule has 0 aliphatic carbocycles. The summed E-state index contributed by atoms with van der Waals surface area (Å²) in [5.74, 6) is 0.113. The van der Waals surface area contributed by atoms with Crippen LogP contribution in [0.4, 0.5) is 10.2 Å². The Bertz CT molecular complexity index is 360. The number of alkyl halides is 1. The summed E-state index contributed by atoms with van der Waals surface area (Å²) in [5.41, 5.74) is 0.466. The van der Waals surface area contributed by atoms with E-state index in [-0.39, 0.29) is 17.8 Å². The molecular formula is C12H18ClFN2O. The van der Waals surface area contributed by atoms with Gasteiger partial charge in [-0.3, -0.25) is 0 Å². The Kier molecular flexibility index (Phi) is 5.65. The van der Waals surface area contributed by atoms with E-state index in [1.165, 1.54) is 0 Å². The molecule has 0 aliphatic heterocycles. The summed E-state index contributed by atoms with van der Waals surface area (Å²) in [7, 11) is 1.78. The number of ether oxygens (including phenoxy) is 1. The van der Waals surface area contributed by atoms with Crippen LogP contribution in [-0.2, 0) is 10.6 Å². The maximum absolute atomic E-state index is 13.9. The summed E-state index contributed by atoms with van der Waals surface area (Å²) < 4.78 is 19.3. The first kappa shape index (κ1) is 14.2. The highest BCUT2D eigenvalue weighted by Gasteiger charge is 2.12. The van der Waals surface area contributed by atoms with Crippen molar-refractivity contribution in [2.45, 2.75) is 25.8 Å². The van der Waals surface area contributed by atoms with Crippen LogP contribution < -0.4 is 4.90 Å². The molecule has 1 aromatic heterocycles. The zero-order valence-corrected chi connectivity index (χ0v) is 11.2. The number of halogens is 2. The zero-order valence-electron chi connectivity index (χ0n) is 10.4. The standard InChI is InChI=1S/C12H18ClFN2O/c1-9(2)17-7-6-16(3)12-11(14)10(8-13)4-5-15-12/h4-5,9H,6-8H2,1-3H3. The summed E-state index contributed by atoms with van der Waals surface area (Å²) in [4.78, 5) is 5.75. The van der Waals surface area contributed by atoms with E-state index < -0.39 is 0 Å². The fourth-order valence-corrected chi connectivity index (χ4v) is 1.58. The first-order valence-corrected chi connectivity index (χ1v) is 6.11. The molecule has 1 rings (SSSR count). The van der Waals surface area contributed by atoms with E-state index in [0.29, 0.717) is 24.5 Å². The van der Waals surface area contributed by atoms with Crippen molar-refractivity contribution in [2.75, 3.05) is 25.1 Å². The molecule has 1 aromatic rings. The molecule has 0 amide bonds. The van der Waals surface area contributed by atoms with Gasteiger partial charge in [-0.1, -0.05) is 0 Å². The van der Waals surface area contributed by atoms with E-state index in [1.54, 1.807) is 24.2 Å². The normalized spacial score (nSPS) is 10.9. The Morgan fingerprint density at radius 1 is 1.53 bits per heavy atom. The minimum absolute atomic E-state index is 0.150. The maximum atomic E-state index is 13.9. The van der Waals surface area contributed by atoms with E-state index in [2.05, 4.69) is 4.98 Å². The van der Waals surface area contributed by atoms with E-state index in [0.717, 1.165) is 0 Å². The fourth-order valence-electron chi connectivity index (χ4n) is 1.37. The second kappa shape index (κ2) is 6.77. The molecule has 0 radical (unpaired) electrons. The van der Waals surface area contributed by atoms with Crippen LogP contribution in [0.15, 0.2) is 12.3 Å². The number of hydrogen-bond donors (Lipinski definition) is 0. The van der Waals surface area contributed by atoms with Gasteiger partial charge in [0.2, 0.25) is 0 Å². The summed E-state index contributed by atoms with van der Waals surface area (Å²) in [5, 5.41) is 0. The van der Waals surface area contributed by atoms with Crippen molar-refractivity contribution in [1.29, 1.82) is 0 Å². The second-order valence-corrected chi connectivity index (χ2v) is 4.35. The molecule has 5 heteroatoms. The molecule has 0 N–H and O–H groups in total. The van der Waals surface area contributed by atoms with Gasteiger partial charge in [0, 0.05) is 25.4 Å². The zero-order chi connectivity index (χ0) is 12.8. The molecule has 0 aromatic carbocycles. The average molecular weight is 261 g/mol. The van der Waals surface area contributed by atoms with Gasteiger partial charge in [0.05, 0.1) is 18.6 Å². The minimum atomic E-state index is -0.352. The van der Waals surface area contributed by atoms with Crippen LogP contribution in [0.25, 0.3) is 0 Å². The van der Waals surface area contributed by atoms with Gasteiger partial charge in [-0.2, -0.15) is 0 Å². The van der Waals surface area contributed by atoms with Crippen molar-refractivity contribution in [3.05, 3.63) is 23.6 Å². The number of likely N-dealkylation sites (N-methyl/N-ethyl adjacent to an activating group) is 1. The van der Waals surface area contributed by atoms with E-state index in [9.17, 15) is 4.39 Å². The predicted molar refractivity (Wildman–Crippen MR) is 68.1 cm³/mol. The van der Waals surface area contributed by atoms with Crippen LogP contribution >= 0.6 is 11.6 Å². The van der Waals surface area contributed by atoms with Gasteiger partial charge in [0.25, 0.3) is 0 Å². The highest BCUT2D eigenvalue weighted by atomic mass is 35.5. The van der Waals surface area contributed by atoms with Crippen molar-refractivity contribution >= 4 is 17.4 Å². The molecule has 0 aliphatic rings. The topological polar surface area (TPSA) is 25.4 Å². The van der Waals surface area contributed by atoms with Gasteiger partial charge in [-0.15, -0.1) is 11.6 Å². The lowest BCUT2D eigenvalue weighted by molar-refractivity contribution is 0.0845. The molecule has 0 saturated carbocycles. The Labute approximate surface area is 107 Å². The average Bonchev–Trinajstić information content (AvgIpc) is 2.28. The van der Waals surface area contributed by atoms with Crippen molar-refractivity contribution in [2.24, 2.45) is 0 Å². The summed E-state index contributed by atoms with van der Waals surface area (Å²) in [6, 6.07) is 1.59. The quantitative estimate of drug-likeness (QED) is 0.736. The predicted octanol–water partition coefficient (Wildman–Crippen LogP) is 2.82. The van der Waals surface area contributed by atoms with Gasteiger partial charge in [0.1, 0.15) is 0 Å². The highest BCUT2D eigenvalue weighted by Crippen LogP contribution is 2.19. The number of nitrogens with zero attached hydrogens (tertiary/aromatic N) is 2. The summed E-state index contributed by atoms with van der Waals surface area (Å²) >= 11 is 5.64. The third-order valence-corrected chi connectivity index (χ3v) is 2.62. The first-order chi connectivity index (χ1) is 8.06. The molecule has 0 unspecified atom stereocenters. The Morgan fingerprint density at radius 3 is 2.82 bits per heavy atom. The second-order valence-electron chi connectivity index (χ2n) is 4.08. The minimum Gasteiger partial charge on any atom is -0.377 e. The van der Waals surface area contributed by atoms with Gasteiger partial charge in [-0.25, -0.2) is 9.37 Å². The Hall–Kier alpha value is -0.870. The van der Waals surface area contributed by atoms with Crippen LogP contribution in [-0.4, -0.2) is 31.3 Å². The molecule has 17 heavy (non-hydrogen) atoms. The number of rotatable bonds is 6. The van der Waals surface area contributed by atoms with E-state index >= 15 is 0 Å². The van der Waals surface area contributed by atoms with Gasteiger partial charge < -0.3 is 9.64 Å². The fraction of sp³-hybridized carbons (Fsp3) is 0.583. The number of pyridine rings is 1. The van der Waals surface area contributed by atoms with Crippen LogP contribution in [0.3, 0.4) is 0 Å². The lowest BCUT2D eigenvalue weighted by atomic mass is 10.2. The van der Waals surface area contributed by atoms with E-state index in [4.69, 9.17) is 16.3 Å². The van der Waals surface area contributed by atoms with Gasteiger partial charge in [0.15, 0.2) is 11.6 Å². The molecule has 3 nitrogen and oxygen atoms in total. The molecule has 96 valence electrons. The number of anilines is 1. The Morgan fingerprint density at radius 2 is 2.24 bits per heavy atom. The molecule has 0 spiro atoms. The van der Waals surface area contributed by atoms with Crippen LogP contribution in [0, 0.1) is 5.82 Å². The molecule has 0 fully saturated rings. The van der Waals surface area contributed by atoms with Crippen LogP contribution in [0.1, 0.15) is 19.4 Å². The number of hydrogen-bond acceptors (Lipinski definition) is 3. The maximum Gasteiger partial charge on any atom is 0.170 e. The third kappa shape index (κ3) is 4.13. The molecule has 1 heterocycles. The van der Waals surface area contributed by atoms with Crippen LogP contribution in [0.2, 0.25) is 0 Å². The van der Waals surface area contributed by atoms with Crippen molar-refractivity contribution < 1.29 is 9.13 Å². The van der Waals surface area contributed by atoms with Crippen LogP contribution in [0.5, 0.6) is 0 Å². The summed E-state index contributed by atoms with van der Waals surface area (Å²) in [6.45, 7) is 5.06. The first-order valence-electron chi connectivity index (χ1n) is 5.58. The van der Waals surface area contributed by atoms with E-state index in [1.807, 2.05) is 13.8 Å². The third-order valence-electron chi connectivity index (χ3n) is 2.33. The Balaban J connectivity index is 2.65. The van der Waals surface area contributed by atoms with Crippen molar-refractivity contribution in [1.82, 2.24) is 4.98 Å². The number of aromatic nitrogens is 1. The highest BCUT2D eigenvalue weighted by molar-refractivity contribution is 6.17. The lowest BCUT2D eigenvalue weighted by Crippen LogP contribution is -2.26. The smallest absolute Gasteiger partial charge is 0.170 e. The lowest BCUT2D eigenvalue weighted by Gasteiger charge is -2.20. The van der Waals surface area contributed by atoms with Gasteiger partial charge in [-0.05, 0) is 19.9 Å². The molecular weight excluding hydrogens is 243 g/mol. The molecule has 0 saturated heterocycles. The SMILES string of the molecule is CC(C)OCCN(C)c1nccc(CCl)c1F. The van der Waals surface area contributed by atoms with Crippen molar-refractivity contribution in [3.8, 4) is 0 Å². The largest absolute Gasteiger partial charge is 0.377 e. The van der Waals surface area contributed by atoms with Gasteiger partial charge >= 0.3 is 0 Å². The molecule has 0 atom stereocenters. The summed E-state index contributed by atoms with van der Waals surface area (Å²) in [6.07, 6.45) is 1.74. The molecule has 0 bridgehead atoms. The van der Waals surface area contributed by atoms with Crippen molar-refractivity contribution in [3.63, 3.8) is 0 Å². The monoisotopic (exact) mass is 260 g/mol.